The number of rotatable bonds is 2. The average molecular weight is 233 g/mol. The third-order valence-electron chi connectivity index (χ3n) is 3.05. The molecule has 0 aliphatic carbocycles. The fourth-order valence-corrected chi connectivity index (χ4v) is 2.33. The zero-order chi connectivity index (χ0) is 12.7. The van der Waals surface area contributed by atoms with Gasteiger partial charge in [-0.1, -0.05) is 12.1 Å². The molecule has 1 aromatic heterocycles. The van der Waals surface area contributed by atoms with Gasteiger partial charge < -0.3 is 15.2 Å². The van der Waals surface area contributed by atoms with Crippen molar-refractivity contribution in [3.05, 3.63) is 34.5 Å². The number of carboxylic acids is 1. The summed E-state index contributed by atoms with van der Waals surface area (Å²) in [4.78, 5) is 14.3. The predicted octanol–water partition coefficient (Wildman–Crippen LogP) is 2.54. The number of nitrogens with one attached hydrogen (secondary N) is 1. The number of hydrogen-bond donors (Lipinski definition) is 3. The number of fused-ring (bicyclic) bond motifs is 1. The molecule has 0 amide bonds. The Morgan fingerprint density at radius 1 is 1.35 bits per heavy atom. The summed E-state index contributed by atoms with van der Waals surface area (Å²) in [5, 5.41) is 19.7. The molecule has 0 saturated heterocycles. The molecule has 90 valence electrons. The number of aromatic nitrogens is 1. The molecule has 2 rings (SSSR count). The molecule has 0 saturated carbocycles. The molecule has 4 nitrogen and oxygen atoms in total. The summed E-state index contributed by atoms with van der Waals surface area (Å²) < 4.78 is 0. The van der Waals surface area contributed by atoms with Crippen molar-refractivity contribution in [2.45, 2.75) is 26.9 Å². The third-order valence-corrected chi connectivity index (χ3v) is 3.05. The van der Waals surface area contributed by atoms with Gasteiger partial charge in [0.05, 0.1) is 17.2 Å². The van der Waals surface area contributed by atoms with E-state index in [0.717, 1.165) is 16.6 Å². The number of aryl methyl sites for hydroxylation is 2. The lowest BCUT2D eigenvalue weighted by molar-refractivity contribution is 0.0698. The Morgan fingerprint density at radius 2 is 2.00 bits per heavy atom. The van der Waals surface area contributed by atoms with Crippen molar-refractivity contribution < 1.29 is 15.0 Å². The van der Waals surface area contributed by atoms with Crippen molar-refractivity contribution in [3.8, 4) is 0 Å². The first-order chi connectivity index (χ1) is 7.93. The fourth-order valence-electron chi connectivity index (χ4n) is 2.33. The molecule has 1 atom stereocenters. The number of aliphatic hydroxyl groups excluding tert-OH is 1. The Labute approximate surface area is 98.9 Å². The van der Waals surface area contributed by atoms with E-state index in [1.807, 2.05) is 13.0 Å². The molecule has 1 heterocycles. The van der Waals surface area contributed by atoms with Gasteiger partial charge in [0.25, 0.3) is 0 Å². The average Bonchev–Trinajstić information content (AvgIpc) is 2.52. The SMILES string of the molecule is Cc1ccc2c(C(C)O)c(C)[nH]c2c1C(=O)O. The Bertz CT molecular complexity index is 596. The van der Waals surface area contributed by atoms with E-state index in [4.69, 9.17) is 0 Å². The first kappa shape index (κ1) is 11.7. The van der Waals surface area contributed by atoms with Crippen molar-refractivity contribution in [2.75, 3.05) is 0 Å². The highest BCUT2D eigenvalue weighted by molar-refractivity contribution is 6.04. The van der Waals surface area contributed by atoms with Crippen LogP contribution in [0.3, 0.4) is 0 Å². The van der Waals surface area contributed by atoms with Gasteiger partial charge in [0.1, 0.15) is 0 Å². The van der Waals surface area contributed by atoms with E-state index in [0.29, 0.717) is 11.1 Å². The summed E-state index contributed by atoms with van der Waals surface area (Å²) in [6.45, 7) is 5.28. The van der Waals surface area contributed by atoms with Gasteiger partial charge in [0.2, 0.25) is 0 Å². The van der Waals surface area contributed by atoms with Crippen molar-refractivity contribution in [1.82, 2.24) is 4.98 Å². The smallest absolute Gasteiger partial charge is 0.338 e. The monoisotopic (exact) mass is 233 g/mol. The van der Waals surface area contributed by atoms with E-state index >= 15 is 0 Å². The van der Waals surface area contributed by atoms with Crippen LogP contribution < -0.4 is 0 Å². The van der Waals surface area contributed by atoms with Crippen LogP contribution in [0.25, 0.3) is 10.9 Å². The lowest BCUT2D eigenvalue weighted by atomic mass is 10.0. The first-order valence-electron chi connectivity index (χ1n) is 5.46. The first-order valence-corrected chi connectivity index (χ1v) is 5.46. The zero-order valence-corrected chi connectivity index (χ0v) is 10.0. The van der Waals surface area contributed by atoms with E-state index in [2.05, 4.69) is 4.98 Å². The number of aliphatic hydroxyl groups is 1. The molecule has 17 heavy (non-hydrogen) atoms. The molecule has 0 fully saturated rings. The lowest BCUT2D eigenvalue weighted by Crippen LogP contribution is -2.01. The van der Waals surface area contributed by atoms with Crippen LogP contribution in [0.2, 0.25) is 0 Å². The van der Waals surface area contributed by atoms with Crippen molar-refractivity contribution in [3.63, 3.8) is 0 Å². The standard InChI is InChI=1S/C13H15NO3/c1-6-4-5-9-11(8(3)15)7(2)14-12(9)10(6)13(16)17/h4-5,8,14-15H,1-3H3,(H,16,17). The van der Waals surface area contributed by atoms with E-state index in [1.165, 1.54) is 0 Å². The quantitative estimate of drug-likeness (QED) is 0.746. The molecule has 1 aromatic carbocycles. The summed E-state index contributed by atoms with van der Waals surface area (Å²) in [5.74, 6) is -0.952. The Morgan fingerprint density at radius 3 is 2.53 bits per heavy atom. The van der Waals surface area contributed by atoms with Crippen LogP contribution in [0, 0.1) is 13.8 Å². The molecule has 3 N–H and O–H groups in total. The fraction of sp³-hybridized carbons (Fsp3) is 0.308. The second-order valence-corrected chi connectivity index (χ2v) is 4.32. The highest BCUT2D eigenvalue weighted by atomic mass is 16.4. The third kappa shape index (κ3) is 1.70. The predicted molar refractivity (Wildman–Crippen MR) is 65.4 cm³/mol. The van der Waals surface area contributed by atoms with Crippen LogP contribution in [0.1, 0.15) is 40.2 Å². The maximum absolute atomic E-state index is 11.2. The zero-order valence-electron chi connectivity index (χ0n) is 10.0. The van der Waals surface area contributed by atoms with E-state index in [1.54, 1.807) is 19.9 Å². The number of carboxylic acid groups (broad SMARTS) is 1. The number of aromatic carboxylic acids is 1. The van der Waals surface area contributed by atoms with Gasteiger partial charge in [-0.3, -0.25) is 0 Å². The Balaban J connectivity index is 2.89. The summed E-state index contributed by atoms with van der Waals surface area (Å²) in [6, 6.07) is 3.62. The molecule has 0 aliphatic heterocycles. The van der Waals surface area contributed by atoms with E-state index < -0.39 is 12.1 Å². The Kier molecular flexibility index (Phi) is 2.67. The topological polar surface area (TPSA) is 73.3 Å². The summed E-state index contributed by atoms with van der Waals surface area (Å²) in [5.41, 5.74) is 3.15. The molecule has 0 spiro atoms. The summed E-state index contributed by atoms with van der Waals surface area (Å²) in [6.07, 6.45) is -0.617. The van der Waals surface area contributed by atoms with Gasteiger partial charge in [-0.05, 0) is 26.3 Å². The molecule has 0 bridgehead atoms. The van der Waals surface area contributed by atoms with Gasteiger partial charge in [-0.2, -0.15) is 0 Å². The van der Waals surface area contributed by atoms with Crippen LogP contribution >= 0.6 is 0 Å². The Hall–Kier alpha value is -1.81. The van der Waals surface area contributed by atoms with Gasteiger partial charge in [0, 0.05) is 16.6 Å². The molecule has 4 heteroatoms. The summed E-state index contributed by atoms with van der Waals surface area (Å²) in [7, 11) is 0. The lowest BCUT2D eigenvalue weighted by Gasteiger charge is -2.05. The molecule has 0 radical (unpaired) electrons. The van der Waals surface area contributed by atoms with Crippen LogP contribution in [0.15, 0.2) is 12.1 Å². The van der Waals surface area contributed by atoms with Crippen LogP contribution in [0.4, 0.5) is 0 Å². The molecular weight excluding hydrogens is 218 g/mol. The second-order valence-electron chi connectivity index (χ2n) is 4.32. The maximum Gasteiger partial charge on any atom is 0.338 e. The number of benzene rings is 1. The second kappa shape index (κ2) is 3.89. The van der Waals surface area contributed by atoms with Gasteiger partial charge in [0.15, 0.2) is 0 Å². The van der Waals surface area contributed by atoms with Crippen LogP contribution in [-0.4, -0.2) is 21.2 Å². The molecule has 1 unspecified atom stereocenters. The van der Waals surface area contributed by atoms with Crippen molar-refractivity contribution in [1.29, 1.82) is 0 Å². The van der Waals surface area contributed by atoms with Gasteiger partial charge in [-0.25, -0.2) is 4.79 Å². The minimum Gasteiger partial charge on any atom is -0.478 e. The van der Waals surface area contributed by atoms with Crippen molar-refractivity contribution in [2.24, 2.45) is 0 Å². The minimum absolute atomic E-state index is 0.275. The van der Waals surface area contributed by atoms with Crippen molar-refractivity contribution >= 4 is 16.9 Å². The number of H-pyrrole nitrogens is 1. The molecule has 0 aliphatic rings. The minimum atomic E-state index is -0.952. The largest absolute Gasteiger partial charge is 0.478 e. The van der Waals surface area contributed by atoms with Gasteiger partial charge in [-0.15, -0.1) is 0 Å². The van der Waals surface area contributed by atoms with Crippen LogP contribution in [-0.2, 0) is 0 Å². The highest BCUT2D eigenvalue weighted by Crippen LogP contribution is 2.31. The van der Waals surface area contributed by atoms with Crippen LogP contribution in [0.5, 0.6) is 0 Å². The molecular formula is C13H15NO3. The van der Waals surface area contributed by atoms with Gasteiger partial charge >= 0.3 is 5.97 Å². The number of carbonyl (C=O) groups is 1. The highest BCUT2D eigenvalue weighted by Gasteiger charge is 2.19. The normalized spacial score (nSPS) is 12.9. The van der Waals surface area contributed by atoms with E-state index in [-0.39, 0.29) is 5.56 Å². The maximum atomic E-state index is 11.2. The number of hydrogen-bond acceptors (Lipinski definition) is 2. The number of aromatic amines is 1. The summed E-state index contributed by atoms with van der Waals surface area (Å²) >= 11 is 0. The van der Waals surface area contributed by atoms with E-state index in [9.17, 15) is 15.0 Å². The molecule has 2 aromatic rings.